The van der Waals surface area contributed by atoms with Crippen LogP contribution < -0.4 is 9.46 Å². The highest BCUT2D eigenvalue weighted by Crippen LogP contribution is 2.24. The van der Waals surface area contributed by atoms with Gasteiger partial charge in [-0.1, -0.05) is 0 Å². The van der Waals surface area contributed by atoms with E-state index in [4.69, 9.17) is 4.74 Å². The number of sulfonamides is 1. The Bertz CT molecular complexity index is 953. The van der Waals surface area contributed by atoms with Gasteiger partial charge in [0.25, 0.3) is 0 Å². The highest BCUT2D eigenvalue weighted by molar-refractivity contribution is 7.89. The molecule has 0 aliphatic rings. The molecule has 0 saturated heterocycles. The zero-order chi connectivity index (χ0) is 17.9. The molecule has 0 radical (unpaired) electrons. The molecule has 0 aliphatic heterocycles. The first kappa shape index (κ1) is 17.6. The molecule has 0 fully saturated rings. The van der Waals surface area contributed by atoms with Crippen molar-refractivity contribution in [3.05, 3.63) is 53.1 Å². The molecule has 3 aromatic rings. The molecular weight excluding hydrogens is 365 g/mol. The van der Waals surface area contributed by atoms with E-state index in [0.29, 0.717) is 6.54 Å². The van der Waals surface area contributed by atoms with E-state index >= 15 is 0 Å². The van der Waals surface area contributed by atoms with E-state index in [1.807, 2.05) is 22.9 Å². The van der Waals surface area contributed by atoms with Gasteiger partial charge in [-0.2, -0.15) is 16.4 Å². The van der Waals surface area contributed by atoms with Gasteiger partial charge >= 0.3 is 0 Å². The lowest BCUT2D eigenvalue weighted by Gasteiger charge is -2.10. The Kier molecular flexibility index (Phi) is 5.16. The Morgan fingerprint density at radius 1 is 1.32 bits per heavy atom. The van der Waals surface area contributed by atoms with Gasteiger partial charge in [0.15, 0.2) is 0 Å². The predicted molar refractivity (Wildman–Crippen MR) is 93.7 cm³/mol. The third-order valence-electron chi connectivity index (χ3n) is 3.51. The van der Waals surface area contributed by atoms with Crippen molar-refractivity contribution in [2.45, 2.75) is 11.4 Å². The minimum Gasteiger partial charge on any atom is -0.495 e. The van der Waals surface area contributed by atoms with Crippen molar-refractivity contribution >= 4 is 21.4 Å². The SMILES string of the molecule is COc1ccc(F)cc1S(=O)(=O)NCCn1ccc(-c2ccsc2)n1. The van der Waals surface area contributed by atoms with Crippen molar-refractivity contribution < 1.29 is 17.5 Å². The fourth-order valence-corrected chi connectivity index (χ4v) is 4.13. The molecule has 132 valence electrons. The number of nitrogens with zero attached hydrogens (tertiary/aromatic N) is 2. The van der Waals surface area contributed by atoms with Gasteiger partial charge in [0.1, 0.15) is 16.5 Å². The van der Waals surface area contributed by atoms with Gasteiger partial charge in [-0.25, -0.2) is 17.5 Å². The van der Waals surface area contributed by atoms with E-state index in [0.717, 1.165) is 23.4 Å². The van der Waals surface area contributed by atoms with Gasteiger partial charge in [0.05, 0.1) is 19.3 Å². The zero-order valence-corrected chi connectivity index (χ0v) is 15.0. The molecule has 0 spiro atoms. The minimum absolute atomic E-state index is 0.0905. The van der Waals surface area contributed by atoms with E-state index in [-0.39, 0.29) is 17.2 Å². The quantitative estimate of drug-likeness (QED) is 0.683. The summed E-state index contributed by atoms with van der Waals surface area (Å²) in [5.41, 5.74) is 1.85. The van der Waals surface area contributed by atoms with E-state index < -0.39 is 15.8 Å². The fraction of sp³-hybridized carbons (Fsp3) is 0.188. The van der Waals surface area contributed by atoms with Crippen molar-refractivity contribution in [2.24, 2.45) is 0 Å². The third kappa shape index (κ3) is 4.06. The Hall–Kier alpha value is -2.23. The maximum absolute atomic E-state index is 13.4. The summed E-state index contributed by atoms with van der Waals surface area (Å²) in [6, 6.07) is 7.20. The van der Waals surface area contributed by atoms with E-state index in [1.54, 1.807) is 22.2 Å². The highest BCUT2D eigenvalue weighted by Gasteiger charge is 2.20. The third-order valence-corrected chi connectivity index (χ3v) is 5.67. The number of hydrogen-bond acceptors (Lipinski definition) is 5. The van der Waals surface area contributed by atoms with Crippen LogP contribution in [0.2, 0.25) is 0 Å². The summed E-state index contributed by atoms with van der Waals surface area (Å²) < 4.78 is 47.2. The number of nitrogens with one attached hydrogen (secondary N) is 1. The van der Waals surface area contributed by atoms with Crippen LogP contribution in [-0.2, 0) is 16.6 Å². The molecule has 2 heterocycles. The number of halogens is 1. The lowest BCUT2D eigenvalue weighted by Crippen LogP contribution is -2.28. The smallest absolute Gasteiger partial charge is 0.244 e. The Labute approximate surface area is 148 Å². The number of aromatic nitrogens is 2. The zero-order valence-electron chi connectivity index (χ0n) is 13.3. The molecular formula is C16H16FN3O3S2. The monoisotopic (exact) mass is 381 g/mol. The Morgan fingerprint density at radius 2 is 2.16 bits per heavy atom. The molecule has 2 aromatic heterocycles. The first-order valence-corrected chi connectivity index (χ1v) is 9.81. The normalized spacial score (nSPS) is 11.6. The highest BCUT2D eigenvalue weighted by atomic mass is 32.2. The van der Waals surface area contributed by atoms with Crippen LogP contribution in [0.5, 0.6) is 5.75 Å². The molecule has 0 amide bonds. The van der Waals surface area contributed by atoms with Gasteiger partial charge in [-0.05, 0) is 35.7 Å². The molecule has 0 bridgehead atoms. The van der Waals surface area contributed by atoms with Crippen LogP contribution in [-0.4, -0.2) is 31.9 Å². The summed E-state index contributed by atoms with van der Waals surface area (Å²) in [6.45, 7) is 0.466. The van der Waals surface area contributed by atoms with Crippen LogP contribution in [0.25, 0.3) is 11.3 Å². The predicted octanol–water partition coefficient (Wildman–Crippen LogP) is 2.74. The molecule has 0 aliphatic carbocycles. The van der Waals surface area contributed by atoms with Crippen LogP contribution in [0, 0.1) is 5.82 Å². The first-order chi connectivity index (χ1) is 12.0. The summed E-state index contributed by atoms with van der Waals surface area (Å²) in [5.74, 6) is -0.554. The van der Waals surface area contributed by atoms with Crippen molar-refractivity contribution in [3.8, 4) is 17.0 Å². The molecule has 3 rings (SSSR count). The van der Waals surface area contributed by atoms with Gasteiger partial charge < -0.3 is 4.74 Å². The molecule has 0 saturated carbocycles. The van der Waals surface area contributed by atoms with Crippen molar-refractivity contribution in [2.75, 3.05) is 13.7 Å². The summed E-state index contributed by atoms with van der Waals surface area (Å²) in [6.07, 6.45) is 1.78. The summed E-state index contributed by atoms with van der Waals surface area (Å²) >= 11 is 1.58. The van der Waals surface area contributed by atoms with E-state index in [1.165, 1.54) is 13.2 Å². The number of rotatable bonds is 7. The van der Waals surface area contributed by atoms with Crippen LogP contribution in [0.15, 0.2) is 52.2 Å². The van der Waals surface area contributed by atoms with Crippen molar-refractivity contribution in [1.82, 2.24) is 14.5 Å². The van der Waals surface area contributed by atoms with Gasteiger partial charge in [0.2, 0.25) is 10.0 Å². The van der Waals surface area contributed by atoms with E-state index in [2.05, 4.69) is 9.82 Å². The topological polar surface area (TPSA) is 73.2 Å². The average molecular weight is 381 g/mol. The van der Waals surface area contributed by atoms with Gasteiger partial charge in [0, 0.05) is 23.7 Å². The van der Waals surface area contributed by atoms with Crippen molar-refractivity contribution in [1.29, 1.82) is 0 Å². The van der Waals surface area contributed by atoms with Crippen molar-refractivity contribution in [3.63, 3.8) is 0 Å². The van der Waals surface area contributed by atoms with Crippen LogP contribution in [0.4, 0.5) is 4.39 Å². The summed E-state index contributed by atoms with van der Waals surface area (Å²) in [7, 11) is -2.55. The molecule has 0 unspecified atom stereocenters. The lowest BCUT2D eigenvalue weighted by molar-refractivity contribution is 0.400. The number of hydrogen-bond donors (Lipinski definition) is 1. The fourth-order valence-electron chi connectivity index (χ4n) is 2.28. The maximum atomic E-state index is 13.4. The summed E-state index contributed by atoms with van der Waals surface area (Å²) in [5, 5.41) is 8.36. The second-order valence-corrected chi connectivity index (χ2v) is 7.68. The Morgan fingerprint density at radius 3 is 2.88 bits per heavy atom. The minimum atomic E-state index is -3.89. The second kappa shape index (κ2) is 7.34. The molecule has 1 N–H and O–H groups in total. The molecule has 0 atom stereocenters. The number of ether oxygens (including phenoxy) is 1. The number of methoxy groups -OCH3 is 1. The van der Waals surface area contributed by atoms with Gasteiger partial charge in [-0.3, -0.25) is 4.68 Å². The summed E-state index contributed by atoms with van der Waals surface area (Å²) in [4.78, 5) is -0.227. The second-order valence-electron chi connectivity index (χ2n) is 5.17. The molecule has 1 aromatic carbocycles. The standard InChI is InChI=1S/C16H16FN3O3S2/c1-23-15-3-2-13(17)10-16(15)25(21,22)18-6-8-20-7-4-14(19-20)12-5-9-24-11-12/h2-5,7,9-11,18H,6,8H2,1H3. The van der Waals surface area contributed by atoms with E-state index in [9.17, 15) is 12.8 Å². The van der Waals surface area contributed by atoms with Crippen LogP contribution in [0.1, 0.15) is 0 Å². The van der Waals surface area contributed by atoms with Crippen LogP contribution >= 0.6 is 11.3 Å². The molecule has 6 nitrogen and oxygen atoms in total. The average Bonchev–Trinajstić information content (AvgIpc) is 3.26. The lowest BCUT2D eigenvalue weighted by atomic mass is 10.2. The number of benzene rings is 1. The first-order valence-electron chi connectivity index (χ1n) is 7.39. The number of thiophene rings is 1. The Balaban J connectivity index is 1.66. The molecule has 25 heavy (non-hydrogen) atoms. The maximum Gasteiger partial charge on any atom is 0.244 e. The van der Waals surface area contributed by atoms with Gasteiger partial charge in [-0.15, -0.1) is 0 Å². The largest absolute Gasteiger partial charge is 0.495 e. The van der Waals surface area contributed by atoms with Crippen LogP contribution in [0.3, 0.4) is 0 Å². The molecule has 9 heteroatoms.